The van der Waals surface area contributed by atoms with E-state index in [0.29, 0.717) is 0 Å². The van der Waals surface area contributed by atoms with E-state index >= 15 is 0 Å². The normalized spacial score (nSPS) is 14.0. The Balaban J connectivity index is 4.35. The SMILES string of the molecule is CC[N+](C)(C)CC[N+](C)(CC)CC[N+](C)(C)CC. The highest BCUT2D eigenvalue weighted by Gasteiger charge is 2.27. The third-order valence-electron chi connectivity index (χ3n) is 4.97. The van der Waals surface area contributed by atoms with Crippen LogP contribution in [0.1, 0.15) is 20.8 Å². The van der Waals surface area contributed by atoms with Crippen molar-refractivity contribution in [1.29, 1.82) is 0 Å². The van der Waals surface area contributed by atoms with Crippen molar-refractivity contribution in [3.05, 3.63) is 0 Å². The molecule has 0 aliphatic rings. The maximum atomic E-state index is 2.42. The van der Waals surface area contributed by atoms with E-state index in [1.54, 1.807) is 0 Å². The van der Waals surface area contributed by atoms with Gasteiger partial charge in [0, 0.05) is 0 Å². The van der Waals surface area contributed by atoms with Crippen LogP contribution < -0.4 is 0 Å². The number of quaternary nitrogens is 3. The Bertz CT molecular complexity index is 214. The van der Waals surface area contributed by atoms with Crippen molar-refractivity contribution in [2.45, 2.75) is 20.8 Å². The second-order valence-electron chi connectivity index (χ2n) is 7.33. The molecule has 0 rings (SSSR count). The van der Waals surface area contributed by atoms with Crippen molar-refractivity contribution in [3.8, 4) is 0 Å². The summed E-state index contributed by atoms with van der Waals surface area (Å²) in [6, 6.07) is 0. The van der Waals surface area contributed by atoms with Crippen LogP contribution in [-0.2, 0) is 0 Å². The van der Waals surface area contributed by atoms with Crippen LogP contribution in [0.3, 0.4) is 0 Å². The summed E-state index contributed by atoms with van der Waals surface area (Å²) < 4.78 is 3.49. The first kappa shape index (κ1) is 17.9. The minimum Gasteiger partial charge on any atom is -0.324 e. The maximum Gasteiger partial charge on any atom is 0.128 e. The number of rotatable bonds is 9. The van der Waals surface area contributed by atoms with E-state index in [0.717, 1.165) is 8.97 Å². The van der Waals surface area contributed by atoms with Crippen molar-refractivity contribution < 1.29 is 13.4 Å². The lowest BCUT2D eigenvalue weighted by atomic mass is 10.3. The molecule has 0 spiro atoms. The molecule has 110 valence electrons. The van der Waals surface area contributed by atoms with Crippen LogP contribution in [-0.4, -0.2) is 94.5 Å². The molecule has 0 atom stereocenters. The first-order valence-electron chi connectivity index (χ1n) is 7.57. The number of likely N-dealkylation sites (N-methyl/N-ethyl adjacent to an activating group) is 3. The summed E-state index contributed by atoms with van der Waals surface area (Å²) in [7, 11) is 11.8. The third kappa shape index (κ3) is 6.72. The smallest absolute Gasteiger partial charge is 0.128 e. The summed E-state index contributed by atoms with van der Waals surface area (Å²) in [6.07, 6.45) is 0. The number of nitrogens with zero attached hydrogens (tertiary/aromatic N) is 3. The predicted octanol–water partition coefficient (Wildman–Crippen LogP) is 1.65. The highest BCUT2D eigenvalue weighted by molar-refractivity contribution is 4.40. The average Bonchev–Trinajstić information content (AvgIpc) is 2.34. The standard InChI is InChI=1S/C15H38N3/c1-9-16(4,5)12-14-18(8,11-3)15-13-17(6,7)10-2/h9-15H2,1-8H3/q+3. The molecule has 0 aromatic heterocycles. The summed E-state index contributed by atoms with van der Waals surface area (Å²) in [5, 5.41) is 0. The Morgan fingerprint density at radius 3 is 1.06 bits per heavy atom. The molecule has 0 fully saturated rings. The molecule has 0 heterocycles. The first-order chi connectivity index (χ1) is 8.10. The van der Waals surface area contributed by atoms with Crippen LogP contribution in [0.15, 0.2) is 0 Å². The van der Waals surface area contributed by atoms with Gasteiger partial charge < -0.3 is 13.4 Å². The second kappa shape index (κ2) is 6.88. The molecule has 0 unspecified atom stereocenters. The van der Waals surface area contributed by atoms with Gasteiger partial charge in [-0.3, -0.25) is 0 Å². The van der Waals surface area contributed by atoms with Gasteiger partial charge in [0.1, 0.15) is 26.2 Å². The molecule has 18 heavy (non-hydrogen) atoms. The molecule has 0 amide bonds. The quantitative estimate of drug-likeness (QED) is 0.553. The van der Waals surface area contributed by atoms with Gasteiger partial charge >= 0.3 is 0 Å². The lowest BCUT2D eigenvalue weighted by Gasteiger charge is -2.39. The van der Waals surface area contributed by atoms with Gasteiger partial charge in [0.25, 0.3) is 0 Å². The molecule has 0 aromatic rings. The molecule has 0 aromatic carbocycles. The highest BCUT2D eigenvalue weighted by atomic mass is 15.4. The number of hydrogen-bond acceptors (Lipinski definition) is 0. The van der Waals surface area contributed by atoms with Crippen LogP contribution in [0.5, 0.6) is 0 Å². The van der Waals surface area contributed by atoms with Gasteiger partial charge in [0.05, 0.1) is 54.9 Å². The van der Waals surface area contributed by atoms with Crippen molar-refractivity contribution in [2.75, 3.05) is 81.1 Å². The Labute approximate surface area is 116 Å². The van der Waals surface area contributed by atoms with Crippen LogP contribution in [0, 0.1) is 0 Å². The molecule has 0 saturated heterocycles. The van der Waals surface area contributed by atoms with Gasteiger partial charge in [-0.2, -0.15) is 0 Å². The van der Waals surface area contributed by atoms with Crippen LogP contribution in [0.4, 0.5) is 0 Å². The Morgan fingerprint density at radius 2 is 0.833 bits per heavy atom. The van der Waals surface area contributed by atoms with Gasteiger partial charge in [-0.05, 0) is 20.8 Å². The fraction of sp³-hybridized carbons (Fsp3) is 1.00. The minimum absolute atomic E-state index is 1.14. The monoisotopic (exact) mass is 260 g/mol. The minimum atomic E-state index is 1.14. The highest BCUT2D eigenvalue weighted by Crippen LogP contribution is 2.07. The van der Waals surface area contributed by atoms with Gasteiger partial charge in [0.15, 0.2) is 0 Å². The van der Waals surface area contributed by atoms with E-state index in [9.17, 15) is 0 Å². The predicted molar refractivity (Wildman–Crippen MR) is 81.5 cm³/mol. The Kier molecular flexibility index (Phi) is 6.83. The topological polar surface area (TPSA) is 0 Å². The fourth-order valence-electron chi connectivity index (χ4n) is 1.77. The molecular formula is C15H38N3+3. The molecule has 3 heteroatoms. The summed E-state index contributed by atoms with van der Waals surface area (Å²) >= 11 is 0. The largest absolute Gasteiger partial charge is 0.324 e. The van der Waals surface area contributed by atoms with Crippen molar-refractivity contribution in [1.82, 2.24) is 0 Å². The van der Waals surface area contributed by atoms with Crippen LogP contribution in [0.2, 0.25) is 0 Å². The molecule has 0 saturated carbocycles. The fourth-order valence-corrected chi connectivity index (χ4v) is 1.77. The average molecular weight is 260 g/mol. The van der Waals surface area contributed by atoms with Gasteiger partial charge in [-0.25, -0.2) is 0 Å². The lowest BCUT2D eigenvalue weighted by molar-refractivity contribution is -0.975. The lowest BCUT2D eigenvalue weighted by Crippen LogP contribution is -2.56. The van der Waals surface area contributed by atoms with Gasteiger partial charge in [-0.1, -0.05) is 0 Å². The van der Waals surface area contributed by atoms with E-state index in [2.05, 4.69) is 56.0 Å². The first-order valence-corrected chi connectivity index (χ1v) is 7.57. The molecule has 0 N–H and O–H groups in total. The van der Waals surface area contributed by atoms with E-state index in [1.165, 1.54) is 50.3 Å². The zero-order chi connectivity index (χ0) is 14.4. The molecule has 0 aliphatic carbocycles. The van der Waals surface area contributed by atoms with Crippen molar-refractivity contribution in [3.63, 3.8) is 0 Å². The molecule has 0 aliphatic heterocycles. The Morgan fingerprint density at radius 1 is 0.500 bits per heavy atom. The Hall–Kier alpha value is -0.120. The maximum absolute atomic E-state index is 2.42. The summed E-state index contributed by atoms with van der Waals surface area (Å²) in [6.45, 7) is 15.7. The third-order valence-corrected chi connectivity index (χ3v) is 4.97. The number of hydrogen-bond donors (Lipinski definition) is 0. The summed E-state index contributed by atoms with van der Waals surface area (Å²) in [5.41, 5.74) is 0. The summed E-state index contributed by atoms with van der Waals surface area (Å²) in [5.74, 6) is 0. The van der Waals surface area contributed by atoms with Crippen LogP contribution in [0.25, 0.3) is 0 Å². The molecular weight excluding hydrogens is 222 g/mol. The van der Waals surface area contributed by atoms with Crippen LogP contribution >= 0.6 is 0 Å². The van der Waals surface area contributed by atoms with E-state index in [-0.39, 0.29) is 0 Å². The zero-order valence-corrected chi connectivity index (χ0v) is 14.3. The molecule has 0 bridgehead atoms. The van der Waals surface area contributed by atoms with Crippen molar-refractivity contribution >= 4 is 0 Å². The van der Waals surface area contributed by atoms with E-state index < -0.39 is 0 Å². The van der Waals surface area contributed by atoms with Gasteiger partial charge in [-0.15, -0.1) is 0 Å². The van der Waals surface area contributed by atoms with Gasteiger partial charge in [0.2, 0.25) is 0 Å². The van der Waals surface area contributed by atoms with E-state index in [4.69, 9.17) is 0 Å². The second-order valence-corrected chi connectivity index (χ2v) is 7.33. The zero-order valence-electron chi connectivity index (χ0n) is 14.3. The molecule has 3 nitrogen and oxygen atoms in total. The van der Waals surface area contributed by atoms with Crippen molar-refractivity contribution in [2.24, 2.45) is 0 Å². The molecule has 0 radical (unpaired) electrons. The summed E-state index contributed by atoms with van der Waals surface area (Å²) in [4.78, 5) is 0. The van der Waals surface area contributed by atoms with E-state index in [1.807, 2.05) is 0 Å².